The van der Waals surface area contributed by atoms with Gasteiger partial charge in [-0.25, -0.2) is 9.97 Å². The molecule has 0 unspecified atom stereocenters. The number of anilines is 2. The molecule has 0 atom stereocenters. The van der Waals surface area contributed by atoms with E-state index in [1.54, 1.807) is 37.3 Å². The van der Waals surface area contributed by atoms with Crippen molar-refractivity contribution in [3.63, 3.8) is 0 Å². The Hall–Kier alpha value is -2.14. The van der Waals surface area contributed by atoms with Gasteiger partial charge in [0, 0.05) is 11.6 Å². The second kappa shape index (κ2) is 6.32. The largest absolute Gasteiger partial charge is 0.365 e. The van der Waals surface area contributed by atoms with Crippen LogP contribution in [0.2, 0.25) is 5.02 Å². The maximum Gasteiger partial charge on any atom is 0.274 e. The Morgan fingerprint density at radius 1 is 1.18 bits per heavy atom. The molecular weight excluding hydrogens is 300 g/mol. The number of benzene rings is 1. The van der Waals surface area contributed by atoms with Gasteiger partial charge >= 0.3 is 0 Å². The van der Waals surface area contributed by atoms with E-state index in [1.165, 1.54) is 0 Å². The highest BCUT2D eigenvalue weighted by Gasteiger charge is 2.15. The molecule has 1 aromatic carbocycles. The molecule has 0 aliphatic rings. The molecule has 0 bridgehead atoms. The number of halogens is 1. The SMILES string of the molecule is Cc1nc(NC(C)(C)C)cc(C(=O)Nc2ccccc2Cl)n1. The zero-order valence-corrected chi connectivity index (χ0v) is 13.8. The maximum atomic E-state index is 12.3. The van der Waals surface area contributed by atoms with E-state index in [0.29, 0.717) is 28.0 Å². The van der Waals surface area contributed by atoms with Crippen molar-refractivity contribution in [2.45, 2.75) is 33.2 Å². The highest BCUT2D eigenvalue weighted by atomic mass is 35.5. The van der Waals surface area contributed by atoms with E-state index in [4.69, 9.17) is 11.6 Å². The van der Waals surface area contributed by atoms with Crippen molar-refractivity contribution in [3.8, 4) is 0 Å². The Labute approximate surface area is 135 Å². The van der Waals surface area contributed by atoms with Gasteiger partial charge in [0.2, 0.25) is 0 Å². The molecule has 0 saturated heterocycles. The van der Waals surface area contributed by atoms with E-state index in [9.17, 15) is 4.79 Å². The molecular formula is C16H19ClN4O. The molecule has 2 aromatic rings. The zero-order valence-electron chi connectivity index (χ0n) is 13.1. The second-order valence-electron chi connectivity index (χ2n) is 5.99. The van der Waals surface area contributed by atoms with E-state index >= 15 is 0 Å². The van der Waals surface area contributed by atoms with Crippen molar-refractivity contribution >= 4 is 29.0 Å². The number of rotatable bonds is 3. The number of nitrogens with one attached hydrogen (secondary N) is 2. The van der Waals surface area contributed by atoms with Gasteiger partial charge in [-0.05, 0) is 39.8 Å². The molecule has 0 radical (unpaired) electrons. The molecule has 0 aliphatic carbocycles. The number of aryl methyl sites for hydroxylation is 1. The van der Waals surface area contributed by atoms with Crippen LogP contribution in [0.15, 0.2) is 30.3 Å². The van der Waals surface area contributed by atoms with Crippen molar-refractivity contribution < 1.29 is 4.79 Å². The van der Waals surface area contributed by atoms with Crippen LogP contribution in [0, 0.1) is 6.92 Å². The third-order valence-electron chi connectivity index (χ3n) is 2.70. The highest BCUT2D eigenvalue weighted by Crippen LogP contribution is 2.21. The van der Waals surface area contributed by atoms with Gasteiger partial charge in [0.15, 0.2) is 0 Å². The molecule has 0 saturated carbocycles. The summed E-state index contributed by atoms with van der Waals surface area (Å²) < 4.78 is 0. The number of carbonyl (C=O) groups excluding carboxylic acids is 1. The van der Waals surface area contributed by atoms with E-state index < -0.39 is 0 Å². The Morgan fingerprint density at radius 3 is 2.50 bits per heavy atom. The molecule has 0 fully saturated rings. The Morgan fingerprint density at radius 2 is 1.86 bits per heavy atom. The van der Waals surface area contributed by atoms with Gasteiger partial charge < -0.3 is 10.6 Å². The van der Waals surface area contributed by atoms with Gasteiger partial charge in [0.05, 0.1) is 10.7 Å². The minimum Gasteiger partial charge on any atom is -0.365 e. The van der Waals surface area contributed by atoms with Crippen LogP contribution in [0.1, 0.15) is 37.1 Å². The normalized spacial score (nSPS) is 11.1. The van der Waals surface area contributed by atoms with Gasteiger partial charge in [0.25, 0.3) is 5.91 Å². The maximum absolute atomic E-state index is 12.3. The average molecular weight is 319 g/mol. The fraction of sp³-hybridized carbons (Fsp3) is 0.312. The van der Waals surface area contributed by atoms with Crippen LogP contribution in [0.5, 0.6) is 0 Å². The minimum atomic E-state index is -0.324. The predicted octanol–water partition coefficient (Wildman–Crippen LogP) is 3.90. The first kappa shape index (κ1) is 16.2. The lowest BCUT2D eigenvalue weighted by Crippen LogP contribution is -2.27. The van der Waals surface area contributed by atoms with E-state index in [1.807, 2.05) is 20.8 Å². The molecule has 1 heterocycles. The lowest BCUT2D eigenvalue weighted by molar-refractivity contribution is 0.102. The van der Waals surface area contributed by atoms with Crippen molar-refractivity contribution in [3.05, 3.63) is 46.9 Å². The number of nitrogens with zero attached hydrogens (tertiary/aromatic N) is 2. The second-order valence-corrected chi connectivity index (χ2v) is 6.40. The standard InChI is InChI=1S/C16H19ClN4O/c1-10-18-13(9-14(19-10)21-16(2,3)4)15(22)20-12-8-6-5-7-11(12)17/h5-9H,1-4H3,(H,20,22)(H,18,19,21). The number of aromatic nitrogens is 2. The summed E-state index contributed by atoms with van der Waals surface area (Å²) in [7, 11) is 0. The van der Waals surface area contributed by atoms with Crippen molar-refractivity contribution in [1.29, 1.82) is 0 Å². The number of para-hydroxylation sites is 1. The van der Waals surface area contributed by atoms with Crippen LogP contribution in [0.3, 0.4) is 0 Å². The van der Waals surface area contributed by atoms with Crippen LogP contribution < -0.4 is 10.6 Å². The van der Waals surface area contributed by atoms with Crippen LogP contribution in [-0.4, -0.2) is 21.4 Å². The summed E-state index contributed by atoms with van der Waals surface area (Å²) in [5.74, 6) is 0.818. The number of hydrogen-bond donors (Lipinski definition) is 2. The molecule has 0 spiro atoms. The molecule has 2 N–H and O–H groups in total. The molecule has 6 heteroatoms. The quantitative estimate of drug-likeness (QED) is 0.900. The predicted molar refractivity (Wildman–Crippen MR) is 89.5 cm³/mol. The molecule has 1 amide bonds. The average Bonchev–Trinajstić information content (AvgIpc) is 2.38. The summed E-state index contributed by atoms with van der Waals surface area (Å²) in [5.41, 5.74) is 0.687. The summed E-state index contributed by atoms with van der Waals surface area (Å²) in [6.07, 6.45) is 0. The summed E-state index contributed by atoms with van der Waals surface area (Å²) in [4.78, 5) is 20.8. The summed E-state index contributed by atoms with van der Waals surface area (Å²) >= 11 is 6.05. The molecule has 2 rings (SSSR count). The Balaban J connectivity index is 2.24. The van der Waals surface area contributed by atoms with Gasteiger partial charge in [-0.2, -0.15) is 0 Å². The van der Waals surface area contributed by atoms with Gasteiger partial charge in [-0.1, -0.05) is 23.7 Å². The topological polar surface area (TPSA) is 66.9 Å². The fourth-order valence-corrected chi connectivity index (χ4v) is 2.06. The third-order valence-corrected chi connectivity index (χ3v) is 3.03. The molecule has 22 heavy (non-hydrogen) atoms. The van der Waals surface area contributed by atoms with E-state index in [2.05, 4.69) is 20.6 Å². The number of amides is 1. The smallest absolute Gasteiger partial charge is 0.274 e. The third kappa shape index (κ3) is 4.43. The molecule has 116 valence electrons. The lowest BCUT2D eigenvalue weighted by Gasteiger charge is -2.21. The lowest BCUT2D eigenvalue weighted by atomic mass is 10.1. The van der Waals surface area contributed by atoms with Crippen molar-refractivity contribution in [2.75, 3.05) is 10.6 Å². The monoisotopic (exact) mass is 318 g/mol. The van der Waals surface area contributed by atoms with Crippen LogP contribution >= 0.6 is 11.6 Å². The number of hydrogen-bond acceptors (Lipinski definition) is 4. The van der Waals surface area contributed by atoms with Gasteiger partial charge in [-0.3, -0.25) is 4.79 Å². The molecule has 0 aliphatic heterocycles. The zero-order chi connectivity index (χ0) is 16.3. The van der Waals surface area contributed by atoms with Gasteiger partial charge in [0.1, 0.15) is 17.3 Å². The summed E-state index contributed by atoms with van der Waals surface area (Å²) in [5, 5.41) is 6.47. The van der Waals surface area contributed by atoms with Crippen molar-refractivity contribution in [2.24, 2.45) is 0 Å². The summed E-state index contributed by atoms with van der Waals surface area (Å²) in [6.45, 7) is 7.82. The van der Waals surface area contributed by atoms with Crippen LogP contribution in [-0.2, 0) is 0 Å². The first-order valence-electron chi connectivity index (χ1n) is 6.94. The van der Waals surface area contributed by atoms with Gasteiger partial charge in [-0.15, -0.1) is 0 Å². The first-order valence-corrected chi connectivity index (χ1v) is 7.32. The summed E-state index contributed by atoms with van der Waals surface area (Å²) in [6, 6.07) is 8.69. The van der Waals surface area contributed by atoms with E-state index in [0.717, 1.165) is 0 Å². The van der Waals surface area contributed by atoms with Crippen molar-refractivity contribution in [1.82, 2.24) is 9.97 Å². The van der Waals surface area contributed by atoms with Crippen LogP contribution in [0.4, 0.5) is 11.5 Å². The minimum absolute atomic E-state index is 0.155. The van der Waals surface area contributed by atoms with E-state index in [-0.39, 0.29) is 11.4 Å². The fourth-order valence-electron chi connectivity index (χ4n) is 1.88. The Bertz CT molecular complexity index is 695. The number of carbonyl (C=O) groups is 1. The van der Waals surface area contributed by atoms with Crippen LogP contribution in [0.25, 0.3) is 0 Å². The first-order chi connectivity index (χ1) is 10.2. The molecule has 5 nitrogen and oxygen atoms in total. The highest BCUT2D eigenvalue weighted by molar-refractivity contribution is 6.33. The molecule has 1 aromatic heterocycles. The Kier molecular flexibility index (Phi) is 4.66.